The van der Waals surface area contributed by atoms with E-state index >= 15 is 0 Å². The lowest BCUT2D eigenvalue weighted by atomic mass is 10.0. The van der Waals surface area contributed by atoms with Gasteiger partial charge in [0.25, 0.3) is 0 Å². The second-order valence-corrected chi connectivity index (χ2v) is 15.2. The standard InChI is InChI=1S/C43H85N3O/c1-3-5-7-9-11-13-15-17-19-21-22-24-26-28-30-32-34-36-42-44-38-40-46(42)41-39-45-43(47)37-35-33-31-29-27-25-23-20-18-16-14-12-10-8-6-4-2/h3-41H2,1-2H3,(H,45,47)/p+1. The maximum absolute atomic E-state index is 12.3. The van der Waals surface area contributed by atoms with Gasteiger partial charge in [-0.25, -0.2) is 0 Å². The van der Waals surface area contributed by atoms with Gasteiger partial charge < -0.3 is 5.32 Å². The number of carbonyl (C=O) groups is 1. The molecular formula is C43H86N3O+. The van der Waals surface area contributed by atoms with Crippen molar-refractivity contribution in [3.63, 3.8) is 0 Å². The Bertz CT molecular complexity index is 691. The van der Waals surface area contributed by atoms with Crippen LogP contribution in [0.25, 0.3) is 0 Å². The van der Waals surface area contributed by atoms with Crippen LogP contribution in [-0.4, -0.2) is 42.5 Å². The minimum absolute atomic E-state index is 0.247. The van der Waals surface area contributed by atoms with Crippen LogP contribution in [0.2, 0.25) is 0 Å². The Balaban J connectivity index is 1.85. The summed E-state index contributed by atoms with van der Waals surface area (Å²) in [6, 6.07) is 0. The Morgan fingerprint density at radius 3 is 1.23 bits per heavy atom. The van der Waals surface area contributed by atoms with E-state index in [1.54, 1.807) is 0 Å². The highest BCUT2D eigenvalue weighted by atomic mass is 16.1. The molecule has 0 atom stereocenters. The van der Waals surface area contributed by atoms with Gasteiger partial charge in [0.1, 0.15) is 19.6 Å². The van der Waals surface area contributed by atoms with Crippen molar-refractivity contribution in [3.8, 4) is 0 Å². The Morgan fingerprint density at radius 2 is 0.851 bits per heavy atom. The fourth-order valence-corrected chi connectivity index (χ4v) is 7.34. The molecule has 0 aromatic carbocycles. The summed E-state index contributed by atoms with van der Waals surface area (Å²) in [7, 11) is 0. The fourth-order valence-electron chi connectivity index (χ4n) is 7.34. The summed E-state index contributed by atoms with van der Waals surface area (Å²) in [5.74, 6) is 1.66. The molecule has 0 aliphatic carbocycles. The molecule has 1 heterocycles. The number of nitrogens with one attached hydrogen (secondary N) is 2. The quantitative estimate of drug-likeness (QED) is 0.0511. The van der Waals surface area contributed by atoms with E-state index in [9.17, 15) is 4.79 Å². The zero-order valence-corrected chi connectivity index (χ0v) is 32.4. The van der Waals surface area contributed by atoms with Crippen molar-refractivity contribution in [2.45, 2.75) is 239 Å². The number of amides is 1. The molecule has 0 bridgehead atoms. The fraction of sp³-hybridized carbons (Fsp3) is 0.953. The molecule has 0 radical (unpaired) electrons. The maximum atomic E-state index is 12.3. The van der Waals surface area contributed by atoms with Crippen LogP contribution in [0, 0.1) is 0 Å². The molecule has 0 saturated heterocycles. The zero-order valence-electron chi connectivity index (χ0n) is 32.4. The van der Waals surface area contributed by atoms with Gasteiger partial charge >= 0.3 is 0 Å². The largest absolute Gasteiger partial charge is 0.352 e. The lowest BCUT2D eigenvalue weighted by Crippen LogP contribution is -2.32. The lowest BCUT2D eigenvalue weighted by molar-refractivity contribution is -0.517. The summed E-state index contributed by atoms with van der Waals surface area (Å²) in [5, 5.41) is 6.80. The van der Waals surface area contributed by atoms with Crippen molar-refractivity contribution in [2.24, 2.45) is 0 Å². The second kappa shape index (κ2) is 36.2. The molecule has 1 amide bonds. The molecule has 4 nitrogen and oxygen atoms in total. The van der Waals surface area contributed by atoms with Gasteiger partial charge in [0.15, 0.2) is 0 Å². The van der Waals surface area contributed by atoms with Crippen LogP contribution in [0.5, 0.6) is 0 Å². The van der Waals surface area contributed by atoms with Gasteiger partial charge in [0, 0.05) is 12.8 Å². The Labute approximate surface area is 295 Å². The first kappa shape index (κ1) is 44.0. The van der Waals surface area contributed by atoms with Gasteiger partial charge in [-0.1, -0.05) is 213 Å². The predicted molar refractivity (Wildman–Crippen MR) is 209 cm³/mol. The molecule has 1 rings (SSSR count). The topological polar surface area (TPSA) is 44.1 Å². The first-order chi connectivity index (χ1) is 23.3. The third-order valence-electron chi connectivity index (χ3n) is 10.6. The number of nitrogens with zero attached hydrogens (tertiary/aromatic N) is 1. The number of rotatable bonds is 38. The molecule has 0 unspecified atom stereocenters. The minimum Gasteiger partial charge on any atom is -0.352 e. The summed E-state index contributed by atoms with van der Waals surface area (Å²) in [6.07, 6.45) is 48.1. The lowest BCUT2D eigenvalue weighted by Gasteiger charge is -2.07. The van der Waals surface area contributed by atoms with E-state index < -0.39 is 0 Å². The van der Waals surface area contributed by atoms with Gasteiger partial charge in [-0.3, -0.25) is 14.7 Å². The molecular weight excluding hydrogens is 574 g/mol. The van der Waals surface area contributed by atoms with Gasteiger partial charge in [-0.05, 0) is 12.8 Å². The third kappa shape index (κ3) is 30.7. The highest BCUT2D eigenvalue weighted by Crippen LogP contribution is 2.16. The summed E-state index contributed by atoms with van der Waals surface area (Å²) < 4.78 is 2.47. The number of hydrogen-bond donors (Lipinski definition) is 2. The summed E-state index contributed by atoms with van der Waals surface area (Å²) in [6.45, 7) is 8.47. The van der Waals surface area contributed by atoms with E-state index in [0.717, 1.165) is 32.6 Å². The number of hydrogen-bond acceptors (Lipinski definition) is 2. The molecule has 1 aliphatic rings. The predicted octanol–water partition coefficient (Wildman–Crippen LogP) is 12.8. The monoisotopic (exact) mass is 661 g/mol. The minimum atomic E-state index is 0.247. The molecule has 0 aromatic heterocycles. The molecule has 278 valence electrons. The van der Waals surface area contributed by atoms with Crippen molar-refractivity contribution < 1.29 is 9.37 Å². The number of amidine groups is 1. The zero-order chi connectivity index (χ0) is 33.7. The summed E-state index contributed by atoms with van der Waals surface area (Å²) in [4.78, 5) is 12.3. The van der Waals surface area contributed by atoms with E-state index in [1.807, 2.05) is 0 Å². The highest BCUT2D eigenvalue weighted by molar-refractivity contribution is 5.78. The SMILES string of the molecule is CCCCCCCCCCCCCCCCCCCC1=[N+](CCNC(=O)CCCCCCCCCCCCCCCCCC)CCN1. The molecule has 2 N–H and O–H groups in total. The van der Waals surface area contributed by atoms with Crippen LogP contribution in [0.15, 0.2) is 0 Å². The molecule has 0 saturated carbocycles. The first-order valence-electron chi connectivity index (χ1n) is 21.9. The van der Waals surface area contributed by atoms with E-state index in [4.69, 9.17) is 0 Å². The maximum Gasteiger partial charge on any atom is 0.244 e. The number of unbranched alkanes of at least 4 members (excludes halogenated alkanes) is 31. The van der Waals surface area contributed by atoms with Gasteiger partial charge in [-0.2, -0.15) is 0 Å². The average molecular weight is 661 g/mol. The summed E-state index contributed by atoms with van der Waals surface area (Å²) >= 11 is 0. The van der Waals surface area contributed by atoms with E-state index in [1.165, 1.54) is 218 Å². The average Bonchev–Trinajstić information content (AvgIpc) is 3.53. The third-order valence-corrected chi connectivity index (χ3v) is 10.6. The van der Waals surface area contributed by atoms with Gasteiger partial charge in [0.2, 0.25) is 11.7 Å². The normalized spacial score (nSPS) is 13.1. The molecule has 0 fully saturated rings. The molecule has 0 spiro atoms. The van der Waals surface area contributed by atoms with Crippen molar-refractivity contribution in [2.75, 3.05) is 26.2 Å². The Morgan fingerprint density at radius 1 is 0.511 bits per heavy atom. The van der Waals surface area contributed by atoms with E-state index in [-0.39, 0.29) is 5.91 Å². The van der Waals surface area contributed by atoms with Crippen LogP contribution in [0.1, 0.15) is 239 Å². The van der Waals surface area contributed by atoms with Crippen LogP contribution >= 0.6 is 0 Å². The van der Waals surface area contributed by atoms with Gasteiger partial charge in [0.05, 0.1) is 6.54 Å². The first-order valence-corrected chi connectivity index (χ1v) is 21.9. The second-order valence-electron chi connectivity index (χ2n) is 15.2. The van der Waals surface area contributed by atoms with Gasteiger partial charge in [-0.15, -0.1) is 0 Å². The van der Waals surface area contributed by atoms with Crippen molar-refractivity contribution in [1.29, 1.82) is 0 Å². The number of carbonyl (C=O) groups excluding carboxylic acids is 1. The molecule has 47 heavy (non-hydrogen) atoms. The van der Waals surface area contributed by atoms with E-state index in [0.29, 0.717) is 6.42 Å². The molecule has 0 aromatic rings. The smallest absolute Gasteiger partial charge is 0.244 e. The van der Waals surface area contributed by atoms with Crippen molar-refractivity contribution in [1.82, 2.24) is 10.6 Å². The molecule has 1 aliphatic heterocycles. The highest BCUT2D eigenvalue weighted by Gasteiger charge is 2.19. The van der Waals surface area contributed by atoms with E-state index in [2.05, 4.69) is 29.1 Å². The van der Waals surface area contributed by atoms with Crippen LogP contribution in [-0.2, 0) is 4.79 Å². The van der Waals surface area contributed by atoms with Crippen molar-refractivity contribution in [3.05, 3.63) is 0 Å². The Kier molecular flexibility index (Phi) is 33.9. The Hall–Kier alpha value is -1.06. The summed E-state index contributed by atoms with van der Waals surface area (Å²) in [5.41, 5.74) is 0. The van der Waals surface area contributed by atoms with Crippen LogP contribution in [0.3, 0.4) is 0 Å². The molecule has 4 heteroatoms. The van der Waals surface area contributed by atoms with Crippen molar-refractivity contribution >= 4 is 11.7 Å². The van der Waals surface area contributed by atoms with Crippen LogP contribution in [0.4, 0.5) is 0 Å². The van der Waals surface area contributed by atoms with Crippen LogP contribution < -0.4 is 10.6 Å².